The zero-order valence-electron chi connectivity index (χ0n) is 29.2. The molecule has 1 unspecified atom stereocenters. The van der Waals surface area contributed by atoms with Crippen LogP contribution in [0.15, 0.2) is 60.8 Å². The van der Waals surface area contributed by atoms with E-state index in [1.165, 1.54) is 12.1 Å². The first-order valence-corrected chi connectivity index (χ1v) is 18.9. The van der Waals surface area contributed by atoms with Gasteiger partial charge in [-0.2, -0.15) is 5.10 Å². The standard InChI is InChI=1S/C39H44F2N4O4S/c1-24(36(46)47)18-25-8-6-9-27(19-25)39(4)15-7-14-38(2,3)23-50(48,49)17-13-28-29-12-16-42-34(29)22-33(41)30(28)20-26-10-11-32(40)31(21-26)35-43-37(39)44-45(35)5/h6,8-12,16,19,21-22,24,42H,7,13-15,17-18,20,23H2,1-5H3,(H,46,47)/t24-,39?/m1/s1. The minimum Gasteiger partial charge on any atom is -0.481 e. The van der Waals surface area contributed by atoms with Crippen molar-refractivity contribution in [3.05, 3.63) is 106 Å². The van der Waals surface area contributed by atoms with Gasteiger partial charge in [0.05, 0.1) is 28.4 Å². The van der Waals surface area contributed by atoms with E-state index in [2.05, 4.69) is 4.98 Å². The number of sulfone groups is 1. The number of H-pyrrole nitrogens is 1. The lowest BCUT2D eigenvalue weighted by Crippen LogP contribution is -2.29. The number of rotatable bonds is 4. The highest BCUT2D eigenvalue weighted by Crippen LogP contribution is 2.39. The maximum Gasteiger partial charge on any atom is 0.306 e. The van der Waals surface area contributed by atoms with Gasteiger partial charge in [0.15, 0.2) is 21.5 Å². The van der Waals surface area contributed by atoms with E-state index in [0.29, 0.717) is 59.5 Å². The zero-order valence-corrected chi connectivity index (χ0v) is 30.0. The summed E-state index contributed by atoms with van der Waals surface area (Å²) in [6.45, 7) is 7.62. The van der Waals surface area contributed by atoms with Crippen molar-refractivity contribution in [2.45, 2.75) is 71.6 Å². The van der Waals surface area contributed by atoms with Crippen LogP contribution in [-0.4, -0.2) is 50.7 Å². The van der Waals surface area contributed by atoms with Crippen LogP contribution in [0.2, 0.25) is 0 Å². The number of aliphatic carboxylic acids is 1. The van der Waals surface area contributed by atoms with Crippen LogP contribution in [-0.2, 0) is 46.4 Å². The second-order valence-electron chi connectivity index (χ2n) is 15.0. The molecule has 4 bridgehead atoms. The molecule has 0 aliphatic carbocycles. The van der Waals surface area contributed by atoms with Gasteiger partial charge >= 0.3 is 5.97 Å². The van der Waals surface area contributed by atoms with Gasteiger partial charge in [-0.3, -0.25) is 4.79 Å². The number of hydrogen-bond donors (Lipinski definition) is 2. The Bertz CT molecular complexity index is 2190. The fourth-order valence-corrected chi connectivity index (χ4v) is 9.45. The van der Waals surface area contributed by atoms with Gasteiger partial charge in [-0.15, -0.1) is 0 Å². The topological polar surface area (TPSA) is 118 Å². The van der Waals surface area contributed by atoms with Crippen LogP contribution in [0.4, 0.5) is 8.78 Å². The Morgan fingerprint density at radius 2 is 1.82 bits per heavy atom. The second-order valence-corrected chi connectivity index (χ2v) is 17.1. The minimum atomic E-state index is -3.54. The molecule has 0 amide bonds. The molecule has 1 aliphatic heterocycles. The van der Waals surface area contributed by atoms with Crippen molar-refractivity contribution in [2.24, 2.45) is 18.4 Å². The average molecular weight is 703 g/mol. The molecule has 0 spiro atoms. The molecule has 1 aliphatic rings. The Labute approximate surface area is 291 Å². The molecule has 0 saturated carbocycles. The third-order valence-electron chi connectivity index (χ3n) is 10.3. The first-order chi connectivity index (χ1) is 23.5. The van der Waals surface area contributed by atoms with Gasteiger partial charge in [0, 0.05) is 30.6 Å². The third-order valence-corrected chi connectivity index (χ3v) is 12.3. The minimum absolute atomic E-state index is 0.0203. The number of nitrogens with one attached hydrogen (secondary N) is 1. The number of carboxylic acids is 1. The average Bonchev–Trinajstić information content (AvgIpc) is 3.67. The van der Waals surface area contributed by atoms with Crippen LogP contribution in [0.3, 0.4) is 0 Å². The predicted octanol–water partition coefficient (Wildman–Crippen LogP) is 7.57. The Morgan fingerprint density at radius 1 is 1.04 bits per heavy atom. The first-order valence-electron chi connectivity index (χ1n) is 17.1. The highest BCUT2D eigenvalue weighted by molar-refractivity contribution is 7.91. The number of benzene rings is 3. The summed E-state index contributed by atoms with van der Waals surface area (Å²) in [7, 11) is -1.82. The number of hydrogen-bond acceptors (Lipinski definition) is 5. The number of carbonyl (C=O) groups is 1. The van der Waals surface area contributed by atoms with Gasteiger partial charge < -0.3 is 10.1 Å². The Hall–Kier alpha value is -4.38. The van der Waals surface area contributed by atoms with E-state index in [0.717, 1.165) is 16.5 Å². The summed E-state index contributed by atoms with van der Waals surface area (Å²) in [5.74, 6) is -1.74. The van der Waals surface area contributed by atoms with E-state index in [1.54, 1.807) is 37.0 Å². The Kier molecular flexibility index (Phi) is 9.49. The van der Waals surface area contributed by atoms with Crippen molar-refractivity contribution >= 4 is 26.7 Å². The number of halogens is 2. The van der Waals surface area contributed by atoms with E-state index in [9.17, 15) is 18.3 Å². The summed E-state index contributed by atoms with van der Waals surface area (Å²) in [5.41, 5.74) is 2.92. The van der Waals surface area contributed by atoms with E-state index < -0.39 is 44.2 Å². The van der Waals surface area contributed by atoms with Gasteiger partial charge in [0.25, 0.3) is 0 Å². The molecular formula is C39H44F2N4O4S. The molecule has 8 nitrogen and oxygen atoms in total. The van der Waals surface area contributed by atoms with Crippen molar-refractivity contribution in [1.82, 2.24) is 19.7 Å². The van der Waals surface area contributed by atoms with Gasteiger partial charge in [0.1, 0.15) is 11.6 Å². The summed E-state index contributed by atoms with van der Waals surface area (Å²) in [6, 6.07) is 15.7. The molecule has 11 heteroatoms. The molecule has 2 N–H and O–H groups in total. The number of aromatic nitrogens is 4. The van der Waals surface area contributed by atoms with Crippen molar-refractivity contribution in [3.63, 3.8) is 0 Å². The number of aryl methyl sites for hydroxylation is 2. The lowest BCUT2D eigenvalue weighted by molar-refractivity contribution is -0.141. The number of fused-ring (bicyclic) bond motifs is 8. The molecule has 264 valence electrons. The number of nitrogens with zero attached hydrogens (tertiary/aromatic N) is 3. The van der Waals surface area contributed by atoms with E-state index in [1.807, 2.05) is 51.1 Å². The molecule has 0 radical (unpaired) electrons. The van der Waals surface area contributed by atoms with Crippen molar-refractivity contribution < 1.29 is 27.1 Å². The smallest absolute Gasteiger partial charge is 0.306 e. The molecule has 2 atom stereocenters. The van der Waals surface area contributed by atoms with Crippen LogP contribution in [0.5, 0.6) is 0 Å². The molecule has 5 aromatic rings. The molecular weight excluding hydrogens is 659 g/mol. The maximum atomic E-state index is 15.8. The summed E-state index contributed by atoms with van der Waals surface area (Å²) in [5, 5.41) is 15.1. The van der Waals surface area contributed by atoms with Crippen LogP contribution in [0.25, 0.3) is 22.3 Å². The Balaban J connectivity index is 1.50. The van der Waals surface area contributed by atoms with Crippen molar-refractivity contribution in [2.75, 3.05) is 11.5 Å². The normalized spacial score (nSPS) is 20.1. The van der Waals surface area contributed by atoms with Gasteiger partial charge in [0.2, 0.25) is 0 Å². The Morgan fingerprint density at radius 3 is 2.58 bits per heavy atom. The van der Waals surface area contributed by atoms with Crippen molar-refractivity contribution in [1.29, 1.82) is 0 Å². The van der Waals surface area contributed by atoms with E-state index in [4.69, 9.17) is 10.1 Å². The molecule has 3 heterocycles. The number of carboxylic acid groups (broad SMARTS) is 1. The number of aromatic amines is 1. The quantitative estimate of drug-likeness (QED) is 0.200. The molecule has 3 aromatic carbocycles. The van der Waals surface area contributed by atoms with E-state index in [-0.39, 0.29) is 29.9 Å². The lowest BCUT2D eigenvalue weighted by Gasteiger charge is -2.31. The predicted molar refractivity (Wildman–Crippen MR) is 191 cm³/mol. The fraction of sp³-hybridized carbons (Fsp3) is 0.410. The van der Waals surface area contributed by atoms with Crippen LogP contribution in [0, 0.1) is 23.0 Å². The molecule has 2 aromatic heterocycles. The second kappa shape index (κ2) is 13.4. The summed E-state index contributed by atoms with van der Waals surface area (Å²) in [6.07, 6.45) is 4.16. The highest BCUT2D eigenvalue weighted by Gasteiger charge is 2.36. The van der Waals surface area contributed by atoms with E-state index >= 15 is 8.78 Å². The maximum absolute atomic E-state index is 15.8. The van der Waals surface area contributed by atoms with Crippen LogP contribution < -0.4 is 0 Å². The fourth-order valence-electron chi connectivity index (χ4n) is 7.46. The zero-order chi connectivity index (χ0) is 36.0. The summed E-state index contributed by atoms with van der Waals surface area (Å²) < 4.78 is 60.3. The third kappa shape index (κ3) is 7.24. The van der Waals surface area contributed by atoms with Gasteiger partial charge in [-0.05, 0) is 90.1 Å². The van der Waals surface area contributed by atoms with Gasteiger partial charge in [-0.25, -0.2) is 26.9 Å². The van der Waals surface area contributed by atoms with Crippen LogP contribution in [0.1, 0.15) is 80.6 Å². The first kappa shape index (κ1) is 35.4. The SMILES string of the molecule is C[C@H](Cc1cccc(C2(C)CCCC(C)(C)CS(=O)(=O)CCc3c(c(F)cc4[nH]ccc34)Cc3ccc(F)c(c3)-c3nc2nn3C)c1)C(=O)O. The monoisotopic (exact) mass is 702 g/mol. The molecule has 50 heavy (non-hydrogen) atoms. The van der Waals surface area contributed by atoms with Crippen molar-refractivity contribution in [3.8, 4) is 11.4 Å². The summed E-state index contributed by atoms with van der Waals surface area (Å²) in [4.78, 5) is 19.6. The van der Waals surface area contributed by atoms with Crippen LogP contribution >= 0.6 is 0 Å². The summed E-state index contributed by atoms with van der Waals surface area (Å²) >= 11 is 0. The highest BCUT2D eigenvalue weighted by atomic mass is 32.2. The lowest BCUT2D eigenvalue weighted by atomic mass is 9.75. The largest absolute Gasteiger partial charge is 0.481 e. The molecule has 0 fully saturated rings. The molecule has 6 rings (SSSR count). The van der Waals surface area contributed by atoms with Gasteiger partial charge in [-0.1, -0.05) is 57.5 Å². The molecule has 0 saturated heterocycles.